The van der Waals surface area contributed by atoms with E-state index in [2.05, 4.69) is 31.1 Å². The Bertz CT molecular complexity index is 281. The quantitative estimate of drug-likeness (QED) is 0.418. The van der Waals surface area contributed by atoms with E-state index in [9.17, 15) is 0 Å². The molecule has 0 aliphatic rings. The summed E-state index contributed by atoms with van der Waals surface area (Å²) in [4.78, 5) is 0. The average molecular weight is 176 g/mol. The molecule has 0 bridgehead atoms. The lowest BCUT2D eigenvalue weighted by Crippen LogP contribution is -2.27. The normalized spacial score (nSPS) is 12.5. The number of nitrogens with one attached hydrogen (secondary N) is 1. The number of hydrogen-bond acceptors (Lipinski definition) is 2. The molecule has 70 valence electrons. The van der Waals surface area contributed by atoms with Crippen LogP contribution in [-0.4, -0.2) is 0 Å². The van der Waals surface area contributed by atoms with Gasteiger partial charge in [-0.05, 0) is 17.5 Å². The molecule has 1 aromatic rings. The molecule has 1 rings (SSSR count). The molecule has 2 nitrogen and oxygen atoms in total. The maximum atomic E-state index is 5.42. The van der Waals surface area contributed by atoms with E-state index in [-0.39, 0.29) is 6.04 Å². The molecule has 0 saturated carbocycles. The average Bonchev–Trinajstić information content (AvgIpc) is 2.20. The first-order valence-electron chi connectivity index (χ1n) is 4.50. The SMILES string of the molecule is C=CC(NN)c1ccccc1CC. The van der Waals surface area contributed by atoms with E-state index in [4.69, 9.17) is 5.84 Å². The molecule has 1 unspecified atom stereocenters. The molecule has 0 heterocycles. The highest BCUT2D eigenvalue weighted by Gasteiger charge is 2.07. The van der Waals surface area contributed by atoms with Crippen LogP contribution >= 0.6 is 0 Å². The molecule has 0 aromatic heterocycles. The number of aryl methyl sites for hydroxylation is 1. The van der Waals surface area contributed by atoms with Crippen molar-refractivity contribution in [3.63, 3.8) is 0 Å². The molecule has 0 amide bonds. The number of hydrogen-bond donors (Lipinski definition) is 2. The van der Waals surface area contributed by atoms with Crippen LogP contribution in [0.5, 0.6) is 0 Å². The number of benzene rings is 1. The maximum Gasteiger partial charge on any atom is 0.0640 e. The predicted molar refractivity (Wildman–Crippen MR) is 56.1 cm³/mol. The molecular formula is C11H16N2. The van der Waals surface area contributed by atoms with Crippen LogP contribution in [0.3, 0.4) is 0 Å². The third kappa shape index (κ3) is 2.17. The van der Waals surface area contributed by atoms with E-state index in [0.29, 0.717) is 0 Å². The summed E-state index contributed by atoms with van der Waals surface area (Å²) in [5.41, 5.74) is 5.25. The van der Waals surface area contributed by atoms with Gasteiger partial charge < -0.3 is 0 Å². The standard InChI is InChI=1S/C11H16N2/c1-3-9-7-5-6-8-10(9)11(4-2)13-12/h4-8,11,13H,2-3,12H2,1H3. The second kappa shape index (κ2) is 4.80. The lowest BCUT2D eigenvalue weighted by molar-refractivity contribution is 0.651. The third-order valence-electron chi connectivity index (χ3n) is 2.19. The van der Waals surface area contributed by atoms with Crippen LogP contribution in [-0.2, 0) is 6.42 Å². The zero-order valence-electron chi connectivity index (χ0n) is 7.96. The first kappa shape index (κ1) is 9.96. The zero-order valence-corrected chi connectivity index (χ0v) is 7.96. The Hall–Kier alpha value is -1.12. The minimum Gasteiger partial charge on any atom is -0.271 e. The largest absolute Gasteiger partial charge is 0.271 e. The Morgan fingerprint density at radius 2 is 2.23 bits per heavy atom. The summed E-state index contributed by atoms with van der Waals surface area (Å²) in [7, 11) is 0. The fraction of sp³-hybridized carbons (Fsp3) is 0.273. The van der Waals surface area contributed by atoms with E-state index < -0.39 is 0 Å². The molecule has 0 aliphatic carbocycles. The van der Waals surface area contributed by atoms with Gasteiger partial charge in [-0.1, -0.05) is 37.3 Å². The Balaban J connectivity index is 3.03. The van der Waals surface area contributed by atoms with Gasteiger partial charge in [0.15, 0.2) is 0 Å². The van der Waals surface area contributed by atoms with Gasteiger partial charge in [-0.3, -0.25) is 5.84 Å². The van der Waals surface area contributed by atoms with Gasteiger partial charge in [0.1, 0.15) is 0 Å². The van der Waals surface area contributed by atoms with Crippen molar-refractivity contribution in [1.29, 1.82) is 0 Å². The molecule has 0 aliphatic heterocycles. The van der Waals surface area contributed by atoms with E-state index in [1.54, 1.807) is 0 Å². The highest BCUT2D eigenvalue weighted by molar-refractivity contribution is 5.32. The summed E-state index contributed by atoms with van der Waals surface area (Å²) >= 11 is 0. The molecule has 1 atom stereocenters. The number of hydrazine groups is 1. The topological polar surface area (TPSA) is 38.0 Å². The Labute approximate surface area is 79.4 Å². The Morgan fingerprint density at radius 1 is 1.54 bits per heavy atom. The first-order valence-corrected chi connectivity index (χ1v) is 4.50. The molecule has 3 N–H and O–H groups in total. The summed E-state index contributed by atoms with van der Waals surface area (Å²) in [6, 6.07) is 8.30. The zero-order chi connectivity index (χ0) is 9.68. The number of nitrogens with two attached hydrogens (primary N) is 1. The van der Waals surface area contributed by atoms with Gasteiger partial charge in [0.25, 0.3) is 0 Å². The van der Waals surface area contributed by atoms with Crippen molar-refractivity contribution in [2.45, 2.75) is 19.4 Å². The van der Waals surface area contributed by atoms with Crippen LogP contribution in [0.4, 0.5) is 0 Å². The summed E-state index contributed by atoms with van der Waals surface area (Å²) in [5, 5.41) is 0. The van der Waals surface area contributed by atoms with Crippen LogP contribution in [0.2, 0.25) is 0 Å². The summed E-state index contributed by atoms with van der Waals surface area (Å²) < 4.78 is 0. The number of rotatable bonds is 4. The highest BCUT2D eigenvalue weighted by atomic mass is 15.2. The lowest BCUT2D eigenvalue weighted by Gasteiger charge is -2.15. The van der Waals surface area contributed by atoms with Gasteiger partial charge in [-0.25, -0.2) is 5.43 Å². The van der Waals surface area contributed by atoms with Gasteiger partial charge in [0, 0.05) is 0 Å². The van der Waals surface area contributed by atoms with Gasteiger partial charge in [-0.2, -0.15) is 0 Å². The molecule has 1 aromatic carbocycles. The van der Waals surface area contributed by atoms with Gasteiger partial charge in [-0.15, -0.1) is 6.58 Å². The molecule has 0 spiro atoms. The van der Waals surface area contributed by atoms with Crippen LogP contribution in [0.1, 0.15) is 24.1 Å². The first-order chi connectivity index (χ1) is 6.33. The van der Waals surface area contributed by atoms with Crippen LogP contribution in [0.25, 0.3) is 0 Å². The van der Waals surface area contributed by atoms with Crippen molar-refractivity contribution in [3.05, 3.63) is 48.0 Å². The van der Waals surface area contributed by atoms with Gasteiger partial charge in [0.05, 0.1) is 6.04 Å². The minimum atomic E-state index is 0.0520. The van der Waals surface area contributed by atoms with Crippen molar-refractivity contribution in [1.82, 2.24) is 5.43 Å². The molecule has 0 fully saturated rings. The molecule has 0 saturated heterocycles. The smallest absolute Gasteiger partial charge is 0.0640 e. The van der Waals surface area contributed by atoms with Crippen LogP contribution in [0, 0.1) is 0 Å². The van der Waals surface area contributed by atoms with Crippen molar-refractivity contribution >= 4 is 0 Å². The molecule has 2 heteroatoms. The fourth-order valence-corrected chi connectivity index (χ4v) is 1.44. The van der Waals surface area contributed by atoms with Gasteiger partial charge >= 0.3 is 0 Å². The second-order valence-corrected chi connectivity index (χ2v) is 2.93. The van der Waals surface area contributed by atoms with Crippen LogP contribution < -0.4 is 11.3 Å². The van der Waals surface area contributed by atoms with Crippen molar-refractivity contribution in [3.8, 4) is 0 Å². The van der Waals surface area contributed by atoms with Crippen molar-refractivity contribution in [2.24, 2.45) is 5.84 Å². The van der Waals surface area contributed by atoms with E-state index in [1.165, 1.54) is 11.1 Å². The third-order valence-corrected chi connectivity index (χ3v) is 2.19. The monoisotopic (exact) mass is 176 g/mol. The van der Waals surface area contributed by atoms with Crippen molar-refractivity contribution in [2.75, 3.05) is 0 Å². The summed E-state index contributed by atoms with van der Waals surface area (Å²) in [5.74, 6) is 5.42. The highest BCUT2D eigenvalue weighted by Crippen LogP contribution is 2.18. The minimum absolute atomic E-state index is 0.0520. The molecular weight excluding hydrogens is 160 g/mol. The Morgan fingerprint density at radius 3 is 2.77 bits per heavy atom. The molecule has 13 heavy (non-hydrogen) atoms. The fourth-order valence-electron chi connectivity index (χ4n) is 1.44. The summed E-state index contributed by atoms with van der Waals surface area (Å²) in [6.07, 6.45) is 2.83. The van der Waals surface area contributed by atoms with Crippen LogP contribution in [0.15, 0.2) is 36.9 Å². The molecule has 0 radical (unpaired) electrons. The lowest BCUT2D eigenvalue weighted by atomic mass is 9.99. The van der Waals surface area contributed by atoms with E-state index in [1.807, 2.05) is 18.2 Å². The van der Waals surface area contributed by atoms with Crippen molar-refractivity contribution < 1.29 is 0 Å². The Kier molecular flexibility index (Phi) is 3.68. The second-order valence-electron chi connectivity index (χ2n) is 2.93. The maximum absolute atomic E-state index is 5.42. The summed E-state index contributed by atoms with van der Waals surface area (Å²) in [6.45, 7) is 5.88. The predicted octanol–water partition coefficient (Wildman–Crippen LogP) is 1.94. The van der Waals surface area contributed by atoms with Gasteiger partial charge in [0.2, 0.25) is 0 Å². The van der Waals surface area contributed by atoms with E-state index in [0.717, 1.165) is 6.42 Å². The van der Waals surface area contributed by atoms with E-state index >= 15 is 0 Å².